The lowest BCUT2D eigenvalue weighted by Gasteiger charge is -2.13. The van der Waals surface area contributed by atoms with Gasteiger partial charge >= 0.3 is 0 Å². The summed E-state index contributed by atoms with van der Waals surface area (Å²) in [5, 5.41) is 2.67. The van der Waals surface area contributed by atoms with Crippen molar-refractivity contribution in [1.29, 1.82) is 0 Å². The van der Waals surface area contributed by atoms with Crippen LogP contribution < -0.4 is 10.0 Å². The highest BCUT2D eigenvalue weighted by molar-refractivity contribution is 9.10. The minimum Gasteiger partial charge on any atom is -0.352 e. The lowest BCUT2D eigenvalue weighted by molar-refractivity contribution is -0.121. The molecule has 29 heavy (non-hydrogen) atoms. The van der Waals surface area contributed by atoms with Crippen LogP contribution in [0, 0.1) is 0 Å². The van der Waals surface area contributed by atoms with Gasteiger partial charge < -0.3 is 5.32 Å². The molecular weight excluding hydrogens is 462 g/mol. The largest absolute Gasteiger partial charge is 0.352 e. The zero-order valence-corrected chi connectivity index (χ0v) is 17.8. The molecule has 0 saturated carbocycles. The highest BCUT2D eigenvalue weighted by Crippen LogP contribution is 2.26. The molecule has 10 heteroatoms. The smallest absolute Gasteiger partial charge is 0.261 e. The lowest BCUT2D eigenvalue weighted by atomic mass is 10.1. The third-order valence-electron chi connectivity index (χ3n) is 4.46. The molecule has 0 spiro atoms. The third kappa shape index (κ3) is 4.55. The zero-order valence-electron chi connectivity index (χ0n) is 15.4. The number of benzene rings is 2. The second-order valence-corrected chi connectivity index (χ2v) is 9.14. The first kappa shape index (κ1) is 21.2. The fourth-order valence-corrected chi connectivity index (χ4v) is 4.07. The Morgan fingerprint density at radius 3 is 2.52 bits per heavy atom. The van der Waals surface area contributed by atoms with E-state index in [9.17, 15) is 22.8 Å². The summed E-state index contributed by atoms with van der Waals surface area (Å²) in [6.07, 6.45) is -0.0544. The zero-order chi connectivity index (χ0) is 21.2. The van der Waals surface area contributed by atoms with Gasteiger partial charge in [-0.25, -0.2) is 13.1 Å². The number of rotatable bonds is 7. The molecule has 0 fully saturated rings. The van der Waals surface area contributed by atoms with Gasteiger partial charge in [0.05, 0.1) is 16.0 Å². The van der Waals surface area contributed by atoms with E-state index in [-0.39, 0.29) is 30.3 Å². The Labute approximate surface area is 176 Å². The summed E-state index contributed by atoms with van der Waals surface area (Å²) in [5.74, 6) is -1.20. The number of fused-ring (bicyclic) bond motifs is 1. The standard InChI is InChI=1S/C19H18BrN3O5S/c1-21-29(27,28)14-4-2-3-12(9-14)11-22-17(24)7-8-23-18(25)15-6-5-13(20)10-16(15)19(23)26/h2-6,9-10,21H,7-8,11H2,1H3,(H,22,24). The second-order valence-electron chi connectivity index (χ2n) is 6.33. The molecule has 2 aromatic rings. The van der Waals surface area contributed by atoms with Gasteiger partial charge in [0.15, 0.2) is 0 Å². The van der Waals surface area contributed by atoms with Crippen molar-refractivity contribution in [1.82, 2.24) is 14.9 Å². The predicted molar refractivity (Wildman–Crippen MR) is 109 cm³/mol. The van der Waals surface area contributed by atoms with Crippen LogP contribution in [-0.2, 0) is 21.4 Å². The van der Waals surface area contributed by atoms with E-state index in [1.165, 1.54) is 19.2 Å². The Hall–Kier alpha value is -2.56. The highest BCUT2D eigenvalue weighted by atomic mass is 79.9. The molecule has 1 heterocycles. The lowest BCUT2D eigenvalue weighted by Crippen LogP contribution is -2.34. The van der Waals surface area contributed by atoms with Crippen molar-refractivity contribution in [3.8, 4) is 0 Å². The molecule has 1 aliphatic rings. The van der Waals surface area contributed by atoms with Crippen molar-refractivity contribution in [2.75, 3.05) is 13.6 Å². The summed E-state index contributed by atoms with van der Waals surface area (Å²) in [7, 11) is -2.25. The second kappa shape index (κ2) is 8.44. The third-order valence-corrected chi connectivity index (χ3v) is 6.37. The van der Waals surface area contributed by atoms with Gasteiger partial charge in [-0.2, -0.15) is 0 Å². The molecule has 0 bridgehead atoms. The molecule has 1 aliphatic heterocycles. The normalized spacial score (nSPS) is 13.5. The molecule has 0 unspecified atom stereocenters. The number of carbonyl (C=O) groups excluding carboxylic acids is 3. The van der Waals surface area contributed by atoms with E-state index in [1.54, 1.807) is 30.3 Å². The maximum Gasteiger partial charge on any atom is 0.261 e. The first-order valence-electron chi connectivity index (χ1n) is 8.68. The number of amides is 3. The number of hydrogen-bond donors (Lipinski definition) is 2. The van der Waals surface area contributed by atoms with Crippen LogP contribution in [0.25, 0.3) is 0 Å². The molecule has 2 N–H and O–H groups in total. The summed E-state index contributed by atoms with van der Waals surface area (Å²) in [6.45, 7) is 0.0882. The van der Waals surface area contributed by atoms with Crippen molar-refractivity contribution in [3.05, 3.63) is 63.6 Å². The Kier molecular flexibility index (Phi) is 6.15. The monoisotopic (exact) mass is 479 g/mol. The Morgan fingerprint density at radius 1 is 1.07 bits per heavy atom. The van der Waals surface area contributed by atoms with E-state index in [0.717, 1.165) is 4.90 Å². The SMILES string of the molecule is CNS(=O)(=O)c1cccc(CNC(=O)CCN2C(=O)c3ccc(Br)cc3C2=O)c1. The molecule has 0 radical (unpaired) electrons. The summed E-state index contributed by atoms with van der Waals surface area (Å²) in [6, 6.07) is 11.0. The van der Waals surface area contributed by atoms with Crippen molar-refractivity contribution in [2.45, 2.75) is 17.9 Å². The number of halogens is 1. The van der Waals surface area contributed by atoms with E-state index >= 15 is 0 Å². The van der Waals surface area contributed by atoms with Crippen LogP contribution >= 0.6 is 15.9 Å². The van der Waals surface area contributed by atoms with Crippen molar-refractivity contribution in [3.63, 3.8) is 0 Å². The van der Waals surface area contributed by atoms with Crippen LogP contribution in [0.1, 0.15) is 32.7 Å². The molecule has 0 atom stereocenters. The van der Waals surface area contributed by atoms with Gasteiger partial charge in [-0.05, 0) is 42.9 Å². The molecule has 0 saturated heterocycles. The van der Waals surface area contributed by atoms with Gasteiger partial charge in [0.2, 0.25) is 15.9 Å². The van der Waals surface area contributed by atoms with E-state index in [1.807, 2.05) is 0 Å². The summed E-state index contributed by atoms with van der Waals surface area (Å²) < 4.78 is 26.6. The Morgan fingerprint density at radius 2 is 1.79 bits per heavy atom. The molecule has 152 valence electrons. The Balaban J connectivity index is 1.57. The summed E-state index contributed by atoms with van der Waals surface area (Å²) in [5.41, 5.74) is 1.24. The summed E-state index contributed by atoms with van der Waals surface area (Å²) in [4.78, 5) is 38.1. The number of hydrogen-bond acceptors (Lipinski definition) is 5. The number of nitrogens with zero attached hydrogens (tertiary/aromatic N) is 1. The number of nitrogens with one attached hydrogen (secondary N) is 2. The van der Waals surface area contributed by atoms with Gasteiger partial charge in [-0.3, -0.25) is 19.3 Å². The van der Waals surface area contributed by atoms with Crippen LogP contribution in [0.3, 0.4) is 0 Å². The Bertz CT molecular complexity index is 1100. The maximum absolute atomic E-state index is 12.4. The predicted octanol–water partition coefficient (Wildman–Crippen LogP) is 1.66. The van der Waals surface area contributed by atoms with Crippen LogP contribution in [0.2, 0.25) is 0 Å². The average Bonchev–Trinajstić information content (AvgIpc) is 2.94. The number of carbonyl (C=O) groups is 3. The minimum atomic E-state index is -3.57. The fourth-order valence-electron chi connectivity index (χ4n) is 2.91. The average molecular weight is 480 g/mol. The van der Waals surface area contributed by atoms with Crippen LogP contribution in [0.4, 0.5) is 0 Å². The van der Waals surface area contributed by atoms with Gasteiger partial charge in [-0.15, -0.1) is 0 Å². The first-order valence-corrected chi connectivity index (χ1v) is 11.0. The number of sulfonamides is 1. The van der Waals surface area contributed by atoms with E-state index in [2.05, 4.69) is 26.0 Å². The van der Waals surface area contributed by atoms with E-state index in [4.69, 9.17) is 0 Å². The quantitative estimate of drug-likeness (QED) is 0.586. The van der Waals surface area contributed by atoms with Gasteiger partial charge in [0.25, 0.3) is 11.8 Å². The van der Waals surface area contributed by atoms with E-state index in [0.29, 0.717) is 21.2 Å². The topological polar surface area (TPSA) is 113 Å². The van der Waals surface area contributed by atoms with Gasteiger partial charge in [0.1, 0.15) is 0 Å². The van der Waals surface area contributed by atoms with Crippen molar-refractivity contribution in [2.24, 2.45) is 0 Å². The van der Waals surface area contributed by atoms with Crippen molar-refractivity contribution < 1.29 is 22.8 Å². The van der Waals surface area contributed by atoms with Gasteiger partial charge in [0, 0.05) is 24.0 Å². The molecule has 8 nitrogen and oxygen atoms in total. The molecular formula is C19H18BrN3O5S. The van der Waals surface area contributed by atoms with Crippen molar-refractivity contribution >= 4 is 43.7 Å². The number of imide groups is 1. The highest BCUT2D eigenvalue weighted by Gasteiger charge is 2.35. The molecule has 3 rings (SSSR count). The molecule has 3 amide bonds. The first-order chi connectivity index (χ1) is 13.7. The van der Waals surface area contributed by atoms with Crippen LogP contribution in [-0.4, -0.2) is 44.6 Å². The van der Waals surface area contributed by atoms with Gasteiger partial charge in [-0.1, -0.05) is 28.1 Å². The summed E-state index contributed by atoms with van der Waals surface area (Å²) >= 11 is 3.27. The maximum atomic E-state index is 12.4. The van der Waals surface area contributed by atoms with Crippen LogP contribution in [0.15, 0.2) is 51.8 Å². The molecule has 2 aromatic carbocycles. The van der Waals surface area contributed by atoms with E-state index < -0.39 is 21.8 Å². The van der Waals surface area contributed by atoms with Crippen LogP contribution in [0.5, 0.6) is 0 Å². The molecule has 0 aliphatic carbocycles. The fraction of sp³-hybridized carbons (Fsp3) is 0.211. The minimum absolute atomic E-state index is 0.0377. The molecule has 0 aromatic heterocycles.